The van der Waals surface area contributed by atoms with Crippen LogP contribution in [0.15, 0.2) is 39.8 Å². The normalized spacial score (nSPS) is 11.2. The van der Waals surface area contributed by atoms with Crippen molar-refractivity contribution in [3.8, 4) is 0 Å². The number of nitrogens with zero attached hydrogens (tertiary/aromatic N) is 2. The van der Waals surface area contributed by atoms with Gasteiger partial charge in [-0.05, 0) is 44.4 Å². The Labute approximate surface area is 196 Å². The van der Waals surface area contributed by atoms with Gasteiger partial charge in [0.25, 0.3) is 5.91 Å². The predicted molar refractivity (Wildman–Crippen MR) is 131 cm³/mol. The van der Waals surface area contributed by atoms with Crippen molar-refractivity contribution in [3.63, 3.8) is 0 Å². The van der Waals surface area contributed by atoms with Crippen molar-refractivity contribution in [3.05, 3.63) is 52.9 Å². The van der Waals surface area contributed by atoms with Crippen molar-refractivity contribution in [2.24, 2.45) is 4.99 Å². The van der Waals surface area contributed by atoms with Crippen LogP contribution in [0.25, 0.3) is 0 Å². The van der Waals surface area contributed by atoms with Gasteiger partial charge in [0.1, 0.15) is 0 Å². The molecule has 0 saturated carbocycles. The number of hydrogen-bond acceptors (Lipinski definition) is 4. The first-order valence-electron chi connectivity index (χ1n) is 10.5. The fraction of sp³-hybridized carbons (Fsp3) is 0.500. The molecule has 0 aliphatic rings. The number of aliphatic imine (C=N–C) groups is 1. The molecule has 0 saturated heterocycles. The highest BCUT2D eigenvalue weighted by Gasteiger charge is 2.13. The minimum atomic E-state index is -0.0676. The fourth-order valence-corrected chi connectivity index (χ4v) is 3.07. The van der Waals surface area contributed by atoms with Crippen LogP contribution in [0.5, 0.6) is 0 Å². The van der Waals surface area contributed by atoms with Gasteiger partial charge in [-0.3, -0.25) is 4.79 Å². The lowest BCUT2D eigenvalue weighted by Crippen LogP contribution is -2.36. The van der Waals surface area contributed by atoms with Crippen LogP contribution in [0.4, 0.5) is 0 Å². The first-order chi connectivity index (χ1) is 14.1. The number of nitrogens with one attached hydrogen (secondary N) is 3. The van der Waals surface area contributed by atoms with Crippen LogP contribution in [0.1, 0.15) is 73.8 Å². The van der Waals surface area contributed by atoms with Crippen LogP contribution in [0, 0.1) is 0 Å². The van der Waals surface area contributed by atoms with E-state index in [-0.39, 0.29) is 29.9 Å². The van der Waals surface area contributed by atoms with Gasteiger partial charge in [-0.1, -0.05) is 31.1 Å². The maximum absolute atomic E-state index is 12.0. The quantitative estimate of drug-likeness (QED) is 0.245. The van der Waals surface area contributed by atoms with Gasteiger partial charge >= 0.3 is 0 Å². The molecule has 0 bridgehead atoms. The summed E-state index contributed by atoms with van der Waals surface area (Å²) in [7, 11) is 0. The van der Waals surface area contributed by atoms with Crippen LogP contribution in [-0.4, -0.2) is 30.1 Å². The molecule has 30 heavy (non-hydrogen) atoms. The Kier molecular flexibility index (Phi) is 12.1. The molecule has 2 rings (SSSR count). The van der Waals surface area contributed by atoms with Gasteiger partial charge in [-0.25, -0.2) is 4.99 Å². The maximum Gasteiger partial charge on any atom is 0.251 e. The first kappa shape index (κ1) is 25.9. The zero-order valence-electron chi connectivity index (χ0n) is 18.3. The average molecular weight is 527 g/mol. The molecule has 1 amide bonds. The minimum Gasteiger partial charge on any atom is -0.359 e. The molecule has 0 unspecified atom stereocenters. The minimum absolute atomic E-state index is 0. The molecule has 0 atom stereocenters. The number of rotatable bonds is 10. The van der Waals surface area contributed by atoms with Crippen LogP contribution >= 0.6 is 24.0 Å². The highest BCUT2D eigenvalue weighted by molar-refractivity contribution is 14.0. The number of carbonyl (C=O) groups excluding carboxylic acids is 1. The van der Waals surface area contributed by atoms with Gasteiger partial charge in [-0.15, -0.1) is 24.0 Å². The smallest absolute Gasteiger partial charge is 0.251 e. The highest BCUT2D eigenvalue weighted by Crippen LogP contribution is 2.22. The molecule has 1 aromatic carbocycles. The van der Waals surface area contributed by atoms with E-state index in [2.05, 4.69) is 39.9 Å². The molecule has 0 aliphatic heterocycles. The third-order valence-corrected chi connectivity index (χ3v) is 4.70. The third-order valence-electron chi connectivity index (χ3n) is 4.70. The monoisotopic (exact) mass is 527 g/mol. The van der Waals surface area contributed by atoms with Gasteiger partial charge < -0.3 is 20.5 Å². The Morgan fingerprint density at radius 1 is 1.07 bits per heavy atom. The number of aromatic nitrogens is 1. The molecule has 3 N–H and O–H groups in total. The van der Waals surface area contributed by atoms with Gasteiger partial charge in [-0.2, -0.15) is 0 Å². The molecule has 1 aromatic heterocycles. The summed E-state index contributed by atoms with van der Waals surface area (Å²) in [4.78, 5) is 16.6. The molecule has 0 spiro atoms. The van der Waals surface area contributed by atoms with E-state index in [0.29, 0.717) is 37.1 Å². The second-order valence-corrected chi connectivity index (χ2v) is 6.84. The molecular formula is C22H34IN5O2. The Morgan fingerprint density at radius 2 is 1.80 bits per heavy atom. The average Bonchev–Trinajstić information content (AvgIpc) is 3.20. The van der Waals surface area contributed by atoms with Gasteiger partial charge in [0.15, 0.2) is 11.7 Å². The van der Waals surface area contributed by atoms with Crippen molar-refractivity contribution in [2.75, 3.05) is 13.1 Å². The molecule has 1 heterocycles. The zero-order chi connectivity index (χ0) is 21.1. The molecule has 0 fully saturated rings. The topological polar surface area (TPSA) is 91.5 Å². The van der Waals surface area contributed by atoms with E-state index in [1.807, 2.05) is 44.2 Å². The Bertz CT molecular complexity index is 802. The predicted octanol–water partition coefficient (Wildman–Crippen LogP) is 4.20. The molecule has 0 aliphatic carbocycles. The van der Waals surface area contributed by atoms with E-state index in [9.17, 15) is 4.79 Å². The summed E-state index contributed by atoms with van der Waals surface area (Å²) in [6.45, 7) is 10.6. The van der Waals surface area contributed by atoms with Gasteiger partial charge in [0.2, 0.25) is 0 Å². The number of halogens is 1. The Hall–Kier alpha value is -2.10. The lowest BCUT2D eigenvalue weighted by Gasteiger charge is -2.10. The second-order valence-electron chi connectivity index (χ2n) is 6.84. The molecular weight excluding hydrogens is 493 g/mol. The van der Waals surface area contributed by atoms with E-state index in [1.165, 1.54) is 0 Å². The van der Waals surface area contributed by atoms with Crippen LogP contribution in [0.2, 0.25) is 0 Å². The molecule has 166 valence electrons. The lowest BCUT2D eigenvalue weighted by atomic mass is 9.99. The highest BCUT2D eigenvalue weighted by atomic mass is 127. The number of guanidine groups is 1. The molecule has 0 radical (unpaired) electrons. The number of benzene rings is 1. The van der Waals surface area contributed by atoms with E-state index >= 15 is 0 Å². The van der Waals surface area contributed by atoms with Crippen LogP contribution in [0.3, 0.4) is 0 Å². The Morgan fingerprint density at radius 3 is 2.47 bits per heavy atom. The van der Waals surface area contributed by atoms with E-state index < -0.39 is 0 Å². The van der Waals surface area contributed by atoms with Crippen LogP contribution < -0.4 is 16.0 Å². The summed E-state index contributed by atoms with van der Waals surface area (Å²) >= 11 is 0. The van der Waals surface area contributed by atoms with E-state index in [0.717, 1.165) is 36.4 Å². The molecule has 8 heteroatoms. The van der Waals surface area contributed by atoms with E-state index in [1.54, 1.807) is 0 Å². The zero-order valence-corrected chi connectivity index (χ0v) is 20.7. The standard InChI is InChI=1S/C22H33N5O2.HI/c1-5-17(6-2)20-13-19(29-27-20)15-26-22(24-8-4)25-14-16-10-9-11-18(12-16)21(28)23-7-3;/h9-13,17H,5-8,14-15H2,1-4H3,(H,23,28)(H2,24,25,26);1H. The number of amides is 1. The summed E-state index contributed by atoms with van der Waals surface area (Å²) in [5.74, 6) is 1.85. The van der Waals surface area contributed by atoms with Crippen molar-refractivity contribution >= 4 is 35.8 Å². The van der Waals surface area contributed by atoms with Gasteiger partial charge in [0.05, 0.1) is 18.8 Å². The van der Waals surface area contributed by atoms with Crippen molar-refractivity contribution in [1.29, 1.82) is 0 Å². The van der Waals surface area contributed by atoms with Crippen LogP contribution in [-0.2, 0) is 13.1 Å². The largest absolute Gasteiger partial charge is 0.359 e. The van der Waals surface area contributed by atoms with Crippen molar-refractivity contribution in [1.82, 2.24) is 21.1 Å². The van der Waals surface area contributed by atoms with E-state index in [4.69, 9.17) is 4.52 Å². The number of carbonyl (C=O) groups is 1. The second kappa shape index (κ2) is 14.0. The fourth-order valence-electron chi connectivity index (χ4n) is 3.07. The third kappa shape index (κ3) is 7.97. The summed E-state index contributed by atoms with van der Waals surface area (Å²) < 4.78 is 5.47. The Balaban J connectivity index is 0.00000450. The lowest BCUT2D eigenvalue weighted by molar-refractivity contribution is 0.0955. The summed E-state index contributed by atoms with van der Waals surface area (Å²) in [5, 5.41) is 13.5. The van der Waals surface area contributed by atoms with Crippen molar-refractivity contribution in [2.45, 2.75) is 59.5 Å². The summed E-state index contributed by atoms with van der Waals surface area (Å²) in [5.41, 5.74) is 2.63. The van der Waals surface area contributed by atoms with Crippen molar-refractivity contribution < 1.29 is 9.32 Å². The first-order valence-corrected chi connectivity index (χ1v) is 10.5. The SMILES string of the molecule is CCNC(=O)c1cccc(CN=C(NCC)NCc2cc(C(CC)CC)no2)c1.I. The number of hydrogen-bond donors (Lipinski definition) is 3. The summed E-state index contributed by atoms with van der Waals surface area (Å²) in [6.07, 6.45) is 2.10. The van der Waals surface area contributed by atoms with Gasteiger partial charge in [0, 0.05) is 30.6 Å². The molecule has 7 nitrogen and oxygen atoms in total. The maximum atomic E-state index is 12.0. The summed E-state index contributed by atoms with van der Waals surface area (Å²) in [6, 6.07) is 9.54. The molecule has 2 aromatic rings.